The molecular weight excluding hydrogens is 348 g/mol. The average Bonchev–Trinajstić information content (AvgIpc) is 3.14. The smallest absolute Gasteiger partial charge is 0.245 e. The van der Waals surface area contributed by atoms with Crippen LogP contribution in [-0.4, -0.2) is 46.8 Å². The highest BCUT2D eigenvalue weighted by Crippen LogP contribution is 2.47. The molecule has 28 heavy (non-hydrogen) atoms. The average molecular weight is 381 g/mol. The van der Waals surface area contributed by atoms with Gasteiger partial charge in [0.2, 0.25) is 11.8 Å². The summed E-state index contributed by atoms with van der Waals surface area (Å²) in [7, 11) is 0. The molecule has 0 spiro atoms. The number of carbonyl (C=O) groups excluding carboxylic acids is 2. The molecule has 0 bridgehead atoms. The lowest BCUT2D eigenvalue weighted by Gasteiger charge is -2.35. The van der Waals surface area contributed by atoms with Crippen LogP contribution in [0.2, 0.25) is 0 Å². The Bertz CT molecular complexity index is 727. The van der Waals surface area contributed by atoms with E-state index in [0.717, 1.165) is 51.6 Å². The number of fused-ring (bicyclic) bond motifs is 1. The molecule has 1 aromatic carbocycles. The number of likely N-dealkylation sites (tertiary alicyclic amines) is 2. The zero-order valence-electron chi connectivity index (χ0n) is 16.8. The summed E-state index contributed by atoms with van der Waals surface area (Å²) in [6.07, 6.45) is 9.86. The molecule has 1 aromatic rings. The molecule has 2 aliphatic carbocycles. The maximum atomic E-state index is 13.5. The molecule has 5 atom stereocenters. The number of hydrogen-bond donors (Lipinski definition) is 0. The minimum Gasteiger partial charge on any atom is -0.341 e. The first-order valence-corrected chi connectivity index (χ1v) is 11.4. The van der Waals surface area contributed by atoms with Crippen LogP contribution in [0.1, 0.15) is 56.9 Å². The van der Waals surface area contributed by atoms with E-state index in [0.29, 0.717) is 17.9 Å². The first kappa shape index (κ1) is 18.2. The Morgan fingerprint density at radius 3 is 2.43 bits per heavy atom. The number of hydrogen-bond acceptors (Lipinski definition) is 2. The van der Waals surface area contributed by atoms with Crippen molar-refractivity contribution in [2.75, 3.05) is 13.1 Å². The van der Waals surface area contributed by atoms with Crippen molar-refractivity contribution in [1.82, 2.24) is 9.80 Å². The van der Waals surface area contributed by atoms with Gasteiger partial charge in [-0.1, -0.05) is 43.2 Å². The van der Waals surface area contributed by atoms with Crippen LogP contribution in [0.4, 0.5) is 0 Å². The molecule has 4 nitrogen and oxygen atoms in total. The highest BCUT2D eigenvalue weighted by Gasteiger charge is 2.53. The number of carbonyl (C=O) groups is 2. The first-order chi connectivity index (χ1) is 13.7. The van der Waals surface area contributed by atoms with Gasteiger partial charge in [-0.3, -0.25) is 9.59 Å². The SMILES string of the molecule is O=C([C@@H]1C[C@@H]2CCCC[C@@H]2N1C(=O)C1CC1Cc1ccccc1)N1CCCC1. The van der Waals surface area contributed by atoms with Crippen molar-refractivity contribution < 1.29 is 9.59 Å². The highest BCUT2D eigenvalue weighted by atomic mass is 16.2. The molecule has 2 amide bonds. The summed E-state index contributed by atoms with van der Waals surface area (Å²) in [5, 5.41) is 0. The third-order valence-corrected chi connectivity index (χ3v) is 7.63. The van der Waals surface area contributed by atoms with Crippen LogP contribution in [0.15, 0.2) is 30.3 Å². The van der Waals surface area contributed by atoms with Crippen molar-refractivity contribution in [3.63, 3.8) is 0 Å². The van der Waals surface area contributed by atoms with Crippen LogP contribution in [0, 0.1) is 17.8 Å². The van der Waals surface area contributed by atoms with E-state index in [1.807, 2.05) is 11.0 Å². The topological polar surface area (TPSA) is 40.6 Å². The monoisotopic (exact) mass is 380 g/mol. The molecule has 2 heterocycles. The fourth-order valence-electron chi connectivity index (χ4n) is 6.03. The van der Waals surface area contributed by atoms with Crippen molar-refractivity contribution in [2.24, 2.45) is 17.8 Å². The fourth-order valence-corrected chi connectivity index (χ4v) is 6.03. The number of benzene rings is 1. The Labute approximate surface area is 168 Å². The van der Waals surface area contributed by atoms with E-state index in [9.17, 15) is 9.59 Å². The molecule has 4 aliphatic rings. The molecule has 150 valence electrons. The van der Waals surface area contributed by atoms with Gasteiger partial charge < -0.3 is 9.80 Å². The van der Waals surface area contributed by atoms with Gasteiger partial charge in [0.25, 0.3) is 0 Å². The summed E-state index contributed by atoms with van der Waals surface area (Å²) >= 11 is 0. The Hall–Kier alpha value is -1.84. The molecule has 0 aromatic heterocycles. The van der Waals surface area contributed by atoms with Gasteiger partial charge in [0.15, 0.2) is 0 Å². The normalized spacial score (nSPS) is 34.4. The Morgan fingerprint density at radius 2 is 1.64 bits per heavy atom. The van der Waals surface area contributed by atoms with Crippen molar-refractivity contribution in [3.8, 4) is 0 Å². The van der Waals surface area contributed by atoms with Gasteiger partial charge in [0, 0.05) is 25.0 Å². The van der Waals surface area contributed by atoms with E-state index in [-0.39, 0.29) is 23.8 Å². The summed E-state index contributed by atoms with van der Waals surface area (Å²) in [6, 6.07) is 10.6. The van der Waals surface area contributed by atoms with Crippen molar-refractivity contribution in [2.45, 2.75) is 69.9 Å². The molecule has 2 aliphatic heterocycles. The second kappa shape index (κ2) is 7.53. The van der Waals surface area contributed by atoms with E-state index >= 15 is 0 Å². The fraction of sp³-hybridized carbons (Fsp3) is 0.667. The second-order valence-electron chi connectivity index (χ2n) is 9.43. The van der Waals surface area contributed by atoms with E-state index < -0.39 is 0 Å². The Kier molecular flexibility index (Phi) is 4.90. The molecule has 0 N–H and O–H groups in total. The van der Waals surface area contributed by atoms with E-state index in [4.69, 9.17) is 0 Å². The van der Waals surface area contributed by atoms with Crippen LogP contribution in [0.5, 0.6) is 0 Å². The van der Waals surface area contributed by atoms with Crippen LogP contribution >= 0.6 is 0 Å². The predicted molar refractivity (Wildman–Crippen MR) is 109 cm³/mol. The van der Waals surface area contributed by atoms with E-state index in [1.54, 1.807) is 0 Å². The second-order valence-corrected chi connectivity index (χ2v) is 9.43. The summed E-state index contributed by atoms with van der Waals surface area (Å²) in [5.41, 5.74) is 1.32. The molecule has 5 rings (SSSR count). The van der Waals surface area contributed by atoms with Gasteiger partial charge >= 0.3 is 0 Å². The molecular formula is C24H32N2O2. The molecule has 4 heteroatoms. The lowest BCUT2D eigenvalue weighted by Crippen LogP contribution is -2.50. The molecule has 2 unspecified atom stereocenters. The molecule has 2 saturated carbocycles. The zero-order chi connectivity index (χ0) is 19.1. The quantitative estimate of drug-likeness (QED) is 0.800. The highest BCUT2D eigenvalue weighted by molar-refractivity contribution is 5.91. The van der Waals surface area contributed by atoms with Gasteiger partial charge in [-0.25, -0.2) is 0 Å². The molecule has 0 radical (unpaired) electrons. The summed E-state index contributed by atoms with van der Waals surface area (Å²) < 4.78 is 0. The van der Waals surface area contributed by atoms with Crippen LogP contribution < -0.4 is 0 Å². The third-order valence-electron chi connectivity index (χ3n) is 7.63. The van der Waals surface area contributed by atoms with Gasteiger partial charge in [-0.2, -0.15) is 0 Å². The Morgan fingerprint density at radius 1 is 0.893 bits per heavy atom. The van der Waals surface area contributed by atoms with Crippen molar-refractivity contribution in [1.29, 1.82) is 0 Å². The van der Waals surface area contributed by atoms with Crippen LogP contribution in [0.25, 0.3) is 0 Å². The van der Waals surface area contributed by atoms with Crippen molar-refractivity contribution >= 4 is 11.8 Å². The largest absolute Gasteiger partial charge is 0.341 e. The van der Waals surface area contributed by atoms with E-state index in [2.05, 4.69) is 29.2 Å². The third kappa shape index (κ3) is 3.35. The number of rotatable bonds is 4. The van der Waals surface area contributed by atoms with E-state index in [1.165, 1.54) is 24.8 Å². The summed E-state index contributed by atoms with van der Waals surface area (Å²) in [6.45, 7) is 1.76. The maximum Gasteiger partial charge on any atom is 0.245 e. The standard InChI is InChI=1S/C24H32N2O2/c27-23(20-15-19(20)14-17-8-2-1-3-9-17)26-21-11-5-4-10-18(21)16-22(26)24(28)25-12-6-7-13-25/h1-3,8-9,18-22H,4-7,10-16H2/t18-,19?,20?,21-,22-/m0/s1. The van der Waals surface area contributed by atoms with Crippen LogP contribution in [0.3, 0.4) is 0 Å². The predicted octanol–water partition coefficient (Wildman–Crippen LogP) is 3.65. The zero-order valence-corrected chi connectivity index (χ0v) is 16.8. The summed E-state index contributed by atoms with van der Waals surface area (Å²) in [4.78, 5) is 30.9. The molecule has 4 fully saturated rings. The van der Waals surface area contributed by atoms with Gasteiger partial charge in [0.05, 0.1) is 0 Å². The van der Waals surface area contributed by atoms with Gasteiger partial charge in [-0.05, 0) is 62.3 Å². The maximum absolute atomic E-state index is 13.5. The first-order valence-electron chi connectivity index (χ1n) is 11.4. The Balaban J connectivity index is 1.31. The number of nitrogens with zero attached hydrogens (tertiary/aromatic N) is 2. The van der Waals surface area contributed by atoms with Gasteiger partial charge in [-0.15, -0.1) is 0 Å². The minimum absolute atomic E-state index is 0.134. The van der Waals surface area contributed by atoms with Crippen LogP contribution in [-0.2, 0) is 16.0 Å². The lowest BCUT2D eigenvalue weighted by atomic mass is 9.84. The lowest BCUT2D eigenvalue weighted by molar-refractivity contribution is -0.146. The number of amides is 2. The molecule has 2 saturated heterocycles. The van der Waals surface area contributed by atoms with Gasteiger partial charge in [0.1, 0.15) is 6.04 Å². The minimum atomic E-state index is -0.184. The summed E-state index contributed by atoms with van der Waals surface area (Å²) in [5.74, 6) is 1.66. The van der Waals surface area contributed by atoms with Crippen molar-refractivity contribution in [3.05, 3.63) is 35.9 Å².